The minimum atomic E-state index is -0.379. The lowest BCUT2D eigenvalue weighted by Gasteiger charge is -2.24. The molecule has 2 aromatic rings. The van der Waals surface area contributed by atoms with Crippen LogP contribution in [0.25, 0.3) is 0 Å². The highest BCUT2D eigenvalue weighted by atomic mass is 16.6. The molecule has 122 valence electrons. The Hall–Kier alpha value is -2.47. The van der Waals surface area contributed by atoms with E-state index in [0.29, 0.717) is 12.4 Å². The first-order valence-corrected chi connectivity index (χ1v) is 7.57. The molecule has 0 bridgehead atoms. The number of hydrogen-bond acceptors (Lipinski definition) is 5. The maximum Gasteiger partial charge on any atom is 0.311 e. The summed E-state index contributed by atoms with van der Waals surface area (Å²) in [5.74, 6) is 0.389. The van der Waals surface area contributed by atoms with E-state index in [2.05, 4.69) is 9.88 Å². The van der Waals surface area contributed by atoms with E-state index in [4.69, 9.17) is 0 Å². The third kappa shape index (κ3) is 4.50. The average Bonchev–Trinajstić information content (AvgIpc) is 2.52. The molecule has 1 aromatic heterocycles. The molecule has 0 spiro atoms. The van der Waals surface area contributed by atoms with Gasteiger partial charge in [-0.25, -0.2) is 4.98 Å². The summed E-state index contributed by atoms with van der Waals surface area (Å²) in [4.78, 5) is 19.2. The molecule has 2 rings (SSSR count). The zero-order valence-electron chi connectivity index (χ0n) is 13.8. The van der Waals surface area contributed by atoms with Crippen LogP contribution < -0.4 is 4.90 Å². The number of hydrogen-bond donors (Lipinski definition) is 0. The van der Waals surface area contributed by atoms with Crippen LogP contribution in [0, 0.1) is 17.0 Å². The van der Waals surface area contributed by atoms with E-state index < -0.39 is 0 Å². The Morgan fingerprint density at radius 1 is 1.13 bits per heavy atom. The lowest BCUT2D eigenvalue weighted by molar-refractivity contribution is -0.384. The fourth-order valence-electron chi connectivity index (χ4n) is 2.37. The van der Waals surface area contributed by atoms with Crippen LogP contribution in [-0.2, 0) is 0 Å². The number of benzene rings is 1. The Balaban J connectivity index is 2.37. The lowest BCUT2D eigenvalue weighted by Crippen LogP contribution is -2.24. The van der Waals surface area contributed by atoms with Crippen molar-refractivity contribution in [3.8, 4) is 0 Å². The summed E-state index contributed by atoms with van der Waals surface area (Å²) in [5, 5.41) is 11.3. The van der Waals surface area contributed by atoms with Gasteiger partial charge in [0.15, 0.2) is 0 Å². The van der Waals surface area contributed by atoms with E-state index in [1.165, 1.54) is 6.07 Å². The Bertz CT molecular complexity index is 656. The van der Waals surface area contributed by atoms with Gasteiger partial charge in [-0.05, 0) is 52.2 Å². The molecule has 6 heteroatoms. The molecule has 0 aliphatic heterocycles. The van der Waals surface area contributed by atoms with Crippen molar-refractivity contribution in [3.05, 3.63) is 58.3 Å². The fourth-order valence-corrected chi connectivity index (χ4v) is 2.37. The molecule has 0 fully saturated rings. The highest BCUT2D eigenvalue weighted by Crippen LogP contribution is 2.31. The Labute approximate surface area is 136 Å². The van der Waals surface area contributed by atoms with Crippen molar-refractivity contribution in [2.24, 2.45) is 0 Å². The maximum absolute atomic E-state index is 11.3. The normalized spacial score (nSPS) is 10.8. The first kappa shape index (κ1) is 16.9. The third-order valence-electron chi connectivity index (χ3n) is 3.55. The molecule has 0 aliphatic rings. The predicted molar refractivity (Wildman–Crippen MR) is 92.2 cm³/mol. The minimum absolute atomic E-state index is 0.0259. The van der Waals surface area contributed by atoms with Crippen LogP contribution in [0.2, 0.25) is 0 Å². The number of nitro groups is 1. The van der Waals surface area contributed by atoms with E-state index in [9.17, 15) is 10.1 Å². The highest BCUT2D eigenvalue weighted by Gasteiger charge is 2.21. The summed E-state index contributed by atoms with van der Waals surface area (Å²) >= 11 is 0. The molecule has 23 heavy (non-hydrogen) atoms. The SMILES string of the molecule is Cc1ccc(N(CCCN(C)C)c2ncccc2[N+](=O)[O-])cc1. The molecule has 1 heterocycles. The van der Waals surface area contributed by atoms with Crippen LogP contribution >= 0.6 is 0 Å². The zero-order valence-corrected chi connectivity index (χ0v) is 13.8. The van der Waals surface area contributed by atoms with Crippen molar-refractivity contribution < 1.29 is 4.92 Å². The third-order valence-corrected chi connectivity index (χ3v) is 3.55. The number of aryl methyl sites for hydroxylation is 1. The largest absolute Gasteiger partial charge is 0.321 e. The molecule has 6 nitrogen and oxygen atoms in total. The zero-order chi connectivity index (χ0) is 16.8. The van der Waals surface area contributed by atoms with E-state index in [0.717, 1.165) is 24.2 Å². The molecule has 0 aliphatic carbocycles. The van der Waals surface area contributed by atoms with E-state index in [1.54, 1.807) is 12.3 Å². The Kier molecular flexibility index (Phi) is 5.65. The standard InChI is InChI=1S/C17H22N4O2/c1-14-7-9-15(10-8-14)20(13-5-12-19(2)3)17-16(21(22)23)6-4-11-18-17/h4,6-11H,5,12-13H2,1-3H3. The molecule has 0 unspecified atom stereocenters. The predicted octanol–water partition coefficient (Wildman–Crippen LogP) is 3.39. The summed E-state index contributed by atoms with van der Waals surface area (Å²) < 4.78 is 0. The van der Waals surface area contributed by atoms with Gasteiger partial charge in [-0.1, -0.05) is 17.7 Å². The molecule has 0 N–H and O–H groups in total. The van der Waals surface area contributed by atoms with Crippen molar-refractivity contribution in [2.45, 2.75) is 13.3 Å². The van der Waals surface area contributed by atoms with Gasteiger partial charge in [-0.3, -0.25) is 10.1 Å². The molecular weight excluding hydrogens is 292 g/mol. The number of anilines is 2. The highest BCUT2D eigenvalue weighted by molar-refractivity contribution is 5.68. The van der Waals surface area contributed by atoms with Crippen LogP contribution in [0.15, 0.2) is 42.6 Å². The van der Waals surface area contributed by atoms with Crippen LogP contribution in [-0.4, -0.2) is 42.0 Å². The van der Waals surface area contributed by atoms with Crippen LogP contribution in [0.3, 0.4) is 0 Å². The van der Waals surface area contributed by atoms with E-state index in [1.807, 2.05) is 50.2 Å². The van der Waals surface area contributed by atoms with E-state index >= 15 is 0 Å². The van der Waals surface area contributed by atoms with E-state index in [-0.39, 0.29) is 10.6 Å². The average molecular weight is 314 g/mol. The summed E-state index contributed by atoms with van der Waals surface area (Å²) in [6.07, 6.45) is 2.48. The maximum atomic E-state index is 11.3. The van der Waals surface area contributed by atoms with Gasteiger partial charge >= 0.3 is 5.69 Å². The van der Waals surface area contributed by atoms with Gasteiger partial charge in [0, 0.05) is 24.5 Å². The summed E-state index contributed by atoms with van der Waals surface area (Å²) in [7, 11) is 4.03. The van der Waals surface area contributed by atoms with Gasteiger partial charge < -0.3 is 9.80 Å². The van der Waals surface area contributed by atoms with Gasteiger partial charge in [0.1, 0.15) is 0 Å². The van der Waals surface area contributed by atoms with Gasteiger partial charge in [0.25, 0.3) is 0 Å². The molecule has 0 amide bonds. The molecule has 0 radical (unpaired) electrons. The van der Waals surface area contributed by atoms with Crippen molar-refractivity contribution in [1.82, 2.24) is 9.88 Å². The number of nitrogens with zero attached hydrogens (tertiary/aromatic N) is 4. The summed E-state index contributed by atoms with van der Waals surface area (Å²) in [6, 6.07) is 11.0. The first-order chi connectivity index (χ1) is 11.0. The first-order valence-electron chi connectivity index (χ1n) is 7.57. The number of aromatic nitrogens is 1. The Morgan fingerprint density at radius 2 is 1.83 bits per heavy atom. The van der Waals surface area contributed by atoms with Crippen molar-refractivity contribution >= 4 is 17.2 Å². The molecule has 0 atom stereocenters. The van der Waals surface area contributed by atoms with Gasteiger partial charge in [0.2, 0.25) is 5.82 Å². The van der Waals surface area contributed by atoms with Gasteiger partial charge in [-0.2, -0.15) is 0 Å². The number of rotatable bonds is 7. The minimum Gasteiger partial charge on any atom is -0.321 e. The second-order valence-corrected chi connectivity index (χ2v) is 5.75. The number of pyridine rings is 1. The van der Waals surface area contributed by atoms with Crippen molar-refractivity contribution in [2.75, 3.05) is 32.1 Å². The molecule has 1 aromatic carbocycles. The topological polar surface area (TPSA) is 62.5 Å². The second-order valence-electron chi connectivity index (χ2n) is 5.75. The van der Waals surface area contributed by atoms with Crippen LogP contribution in [0.5, 0.6) is 0 Å². The molecular formula is C17H22N4O2. The quantitative estimate of drug-likeness (QED) is 0.579. The monoisotopic (exact) mass is 314 g/mol. The van der Waals surface area contributed by atoms with Crippen LogP contribution in [0.1, 0.15) is 12.0 Å². The summed E-state index contributed by atoms with van der Waals surface area (Å²) in [6.45, 7) is 3.59. The summed E-state index contributed by atoms with van der Waals surface area (Å²) in [5.41, 5.74) is 2.09. The Morgan fingerprint density at radius 3 is 2.43 bits per heavy atom. The van der Waals surface area contributed by atoms with Crippen LogP contribution in [0.4, 0.5) is 17.2 Å². The lowest BCUT2D eigenvalue weighted by atomic mass is 10.2. The van der Waals surface area contributed by atoms with Crippen molar-refractivity contribution in [1.29, 1.82) is 0 Å². The second kappa shape index (κ2) is 7.69. The van der Waals surface area contributed by atoms with Gasteiger partial charge in [0.05, 0.1) is 4.92 Å². The molecule has 0 saturated heterocycles. The van der Waals surface area contributed by atoms with Gasteiger partial charge in [-0.15, -0.1) is 0 Å². The van der Waals surface area contributed by atoms with Crippen molar-refractivity contribution in [3.63, 3.8) is 0 Å². The molecule has 0 saturated carbocycles. The smallest absolute Gasteiger partial charge is 0.311 e. The fraction of sp³-hybridized carbons (Fsp3) is 0.353.